The van der Waals surface area contributed by atoms with Crippen molar-refractivity contribution in [2.24, 2.45) is 0 Å². The number of carbonyl (C=O) groups is 9. The lowest BCUT2D eigenvalue weighted by Gasteiger charge is -2.42. The van der Waals surface area contributed by atoms with Crippen LogP contribution in [0.15, 0.2) is 0 Å². The Morgan fingerprint density at radius 2 is 0.702 bits per heavy atom. The van der Waals surface area contributed by atoms with Crippen molar-refractivity contribution < 1.29 is 170 Å². The molecule has 43 heteroatoms. The Morgan fingerprint density at radius 3 is 1.03 bits per heavy atom. The van der Waals surface area contributed by atoms with Gasteiger partial charge < -0.3 is 169 Å². The van der Waals surface area contributed by atoms with Crippen molar-refractivity contribution >= 4 is 53.2 Å². The van der Waals surface area contributed by atoms with Gasteiger partial charge in [-0.2, -0.15) is 0 Å². The van der Waals surface area contributed by atoms with Gasteiger partial charge in [0.2, 0.25) is 47.3 Å². The Kier molecular flexibility index (Phi) is 52.3. The second-order valence-electron chi connectivity index (χ2n) is 28.2. The third-order valence-corrected chi connectivity index (χ3v) is 17.6. The molecule has 3 aliphatic rings. The number of unbranched alkanes of at least 4 members (excludes halogenated alkanes) is 2. The number of amides is 8. The van der Waals surface area contributed by atoms with E-state index in [-0.39, 0.29) is 190 Å². The van der Waals surface area contributed by atoms with Crippen LogP contribution in [0.1, 0.15) is 106 Å². The Balaban J connectivity index is 1.54. The summed E-state index contributed by atoms with van der Waals surface area (Å²) in [6, 6.07) is -5.72. The molecular weight excluding hydrogens is 1520 g/mol. The summed E-state index contributed by atoms with van der Waals surface area (Å²) in [7, 11) is 0. The van der Waals surface area contributed by atoms with Crippen LogP contribution in [0.25, 0.3) is 0 Å². The third kappa shape index (κ3) is 43.1. The molecule has 8 amide bonds. The van der Waals surface area contributed by atoms with Crippen LogP contribution in [-0.2, 0) is 119 Å². The summed E-state index contributed by atoms with van der Waals surface area (Å²) in [6.07, 6.45) is -14.0. The average Bonchev–Trinajstić information content (AvgIpc) is 0.807. The first-order valence-electron chi connectivity index (χ1n) is 38.4. The van der Waals surface area contributed by atoms with Crippen LogP contribution in [0, 0.1) is 0 Å². The molecule has 0 aromatic heterocycles. The largest absolute Gasteiger partial charge is 0.481 e. The molecule has 3 aliphatic heterocycles. The van der Waals surface area contributed by atoms with Crippen molar-refractivity contribution in [1.82, 2.24) is 42.5 Å². The summed E-state index contributed by atoms with van der Waals surface area (Å²) in [5, 5.41) is 121. The Morgan fingerprint density at radius 1 is 0.386 bits per heavy atom. The molecule has 0 unspecified atom stereocenters. The fourth-order valence-electron chi connectivity index (χ4n) is 11.4. The lowest BCUT2D eigenvalue weighted by molar-refractivity contribution is -0.272. The first-order chi connectivity index (χ1) is 54.3. The van der Waals surface area contributed by atoms with Gasteiger partial charge in [0.25, 0.3) is 0 Å². The summed E-state index contributed by atoms with van der Waals surface area (Å²) in [5.74, 6) is -5.32. The van der Waals surface area contributed by atoms with E-state index in [0.29, 0.717) is 19.3 Å². The van der Waals surface area contributed by atoms with Crippen LogP contribution in [0.3, 0.4) is 0 Å². The molecule has 18 N–H and O–H groups in total. The van der Waals surface area contributed by atoms with E-state index in [9.17, 15) is 94.2 Å². The molecule has 0 saturated carbocycles. The second kappa shape index (κ2) is 58.2. The number of carboxylic acid groups (broad SMARTS) is 1. The zero-order valence-electron chi connectivity index (χ0n) is 66.4. The highest BCUT2D eigenvalue weighted by molar-refractivity contribution is 5.92. The minimum absolute atomic E-state index is 0.0260. The van der Waals surface area contributed by atoms with E-state index in [0.717, 1.165) is 0 Å². The van der Waals surface area contributed by atoms with Crippen LogP contribution < -0.4 is 42.5 Å². The molecule has 17 atom stereocenters. The Bertz CT molecular complexity index is 2740. The highest BCUT2D eigenvalue weighted by atomic mass is 16.7. The van der Waals surface area contributed by atoms with E-state index in [1.807, 2.05) is 0 Å². The smallest absolute Gasteiger partial charge is 0.303 e. The van der Waals surface area contributed by atoms with Crippen molar-refractivity contribution in [3.8, 4) is 0 Å². The lowest BCUT2D eigenvalue weighted by atomic mass is 9.97. The zero-order valence-corrected chi connectivity index (χ0v) is 66.4. The van der Waals surface area contributed by atoms with Gasteiger partial charge in [-0.3, -0.25) is 43.2 Å². The highest BCUT2D eigenvalue weighted by Gasteiger charge is 2.48. The molecule has 0 aromatic rings. The second-order valence-corrected chi connectivity index (χ2v) is 28.2. The maximum atomic E-state index is 14.4. The minimum atomic E-state index is -1.48. The van der Waals surface area contributed by atoms with Crippen LogP contribution in [0.2, 0.25) is 0 Å². The number of hydrogen-bond donors (Lipinski definition) is 18. The van der Waals surface area contributed by atoms with Gasteiger partial charge in [-0.05, 0) is 79.1 Å². The minimum Gasteiger partial charge on any atom is -0.481 e. The number of ether oxygens (including phenoxy) is 16. The van der Waals surface area contributed by atoms with E-state index in [2.05, 4.69) is 42.5 Å². The van der Waals surface area contributed by atoms with Gasteiger partial charge in [-0.1, -0.05) is 0 Å². The van der Waals surface area contributed by atoms with Crippen LogP contribution in [-0.4, -0.2) is 398 Å². The number of aliphatic hydroxyl groups is 9. The quantitative estimate of drug-likeness (QED) is 0.0252. The molecule has 0 aromatic carbocycles. The van der Waals surface area contributed by atoms with E-state index < -0.39 is 195 Å². The van der Waals surface area contributed by atoms with E-state index >= 15 is 0 Å². The summed E-state index contributed by atoms with van der Waals surface area (Å²) >= 11 is 0. The van der Waals surface area contributed by atoms with Crippen molar-refractivity contribution in [3.05, 3.63) is 0 Å². The Labute approximate surface area is 663 Å². The van der Waals surface area contributed by atoms with Crippen LogP contribution >= 0.6 is 0 Å². The van der Waals surface area contributed by atoms with Gasteiger partial charge in [0.05, 0.1) is 144 Å². The molecule has 3 fully saturated rings. The van der Waals surface area contributed by atoms with Crippen LogP contribution in [0.5, 0.6) is 0 Å². The summed E-state index contributed by atoms with van der Waals surface area (Å²) < 4.78 is 89.1. The maximum absolute atomic E-state index is 14.4. The molecule has 114 heavy (non-hydrogen) atoms. The SMILES string of the molecule is CC(=O)N[C@H]1[C@H](OCCOCCOCCOCC(=O)NCCCC[C@H](NC(=O)COCCOCCOCCO[C@@H]2O[C@H](CO)[C@H](O)[C@H](O)[C@H]2NC(C)=O)C(=O)N[C@@H](CCCCNC(=O)COCCOCCOCCO[C@@H]2O[C@H](CO)[C@H](O)[C@H](O)[C@H]2NC(C)=O)C(=O)NC(C)(C)CCOC(C)(C)CCC(=O)O)O[C@H](CO)[C@H](O)[C@@H]1O. The zero-order chi connectivity index (χ0) is 84.4. The van der Waals surface area contributed by atoms with E-state index in [1.54, 1.807) is 27.7 Å². The first kappa shape index (κ1) is 102. The predicted octanol–water partition coefficient (Wildman–Crippen LogP) is -7.50. The summed E-state index contributed by atoms with van der Waals surface area (Å²) in [4.78, 5) is 114. The van der Waals surface area contributed by atoms with Crippen LogP contribution in [0.4, 0.5) is 0 Å². The number of carbonyl (C=O) groups excluding carboxylic acids is 8. The molecule has 3 heterocycles. The lowest BCUT2D eigenvalue weighted by Crippen LogP contribution is -2.64. The maximum Gasteiger partial charge on any atom is 0.303 e. The third-order valence-electron chi connectivity index (χ3n) is 17.6. The molecule has 3 saturated heterocycles. The predicted molar refractivity (Wildman–Crippen MR) is 393 cm³/mol. The topological polar surface area (TPSA) is 600 Å². The van der Waals surface area contributed by atoms with E-state index in [1.165, 1.54) is 20.8 Å². The molecular formula is C71H128N8O35. The first-order valence-corrected chi connectivity index (χ1v) is 38.4. The molecule has 43 nitrogen and oxygen atoms in total. The summed E-state index contributed by atoms with van der Waals surface area (Å²) in [6.45, 7) is 9.45. The Hall–Kier alpha value is -5.77. The molecule has 0 spiro atoms. The fraction of sp³-hybridized carbons (Fsp3) is 0.873. The number of aliphatic hydroxyl groups excluding tert-OH is 9. The van der Waals surface area contributed by atoms with Gasteiger partial charge in [-0.15, -0.1) is 0 Å². The van der Waals surface area contributed by atoms with Gasteiger partial charge in [0.1, 0.15) is 105 Å². The highest BCUT2D eigenvalue weighted by Crippen LogP contribution is 2.26. The van der Waals surface area contributed by atoms with Crippen molar-refractivity contribution in [1.29, 1.82) is 0 Å². The molecule has 0 aliphatic carbocycles. The number of rotatable bonds is 64. The van der Waals surface area contributed by atoms with Gasteiger partial charge in [-0.25, -0.2) is 0 Å². The molecule has 662 valence electrons. The number of carboxylic acids is 1. The molecule has 3 rings (SSSR count). The van der Waals surface area contributed by atoms with Gasteiger partial charge in [0.15, 0.2) is 18.9 Å². The fourth-order valence-corrected chi connectivity index (χ4v) is 11.4. The number of nitrogens with one attached hydrogen (secondary N) is 8. The van der Waals surface area contributed by atoms with Gasteiger partial charge in [0, 0.05) is 52.4 Å². The summed E-state index contributed by atoms with van der Waals surface area (Å²) in [5.41, 5.74) is -1.71. The number of aliphatic carboxylic acids is 1. The molecule has 0 radical (unpaired) electrons. The normalized spacial score (nSPS) is 24.4. The van der Waals surface area contributed by atoms with E-state index in [4.69, 9.17) is 75.8 Å². The average molecular weight is 1650 g/mol. The van der Waals surface area contributed by atoms with Crippen molar-refractivity contribution in [2.45, 2.75) is 221 Å². The molecule has 0 bridgehead atoms. The van der Waals surface area contributed by atoms with Crippen molar-refractivity contribution in [3.63, 3.8) is 0 Å². The van der Waals surface area contributed by atoms with Crippen molar-refractivity contribution in [2.75, 3.05) is 178 Å². The van der Waals surface area contributed by atoms with Gasteiger partial charge >= 0.3 is 5.97 Å². The monoisotopic (exact) mass is 1650 g/mol. The standard InChI is InChI=1S/C71H128N8O35/c1-44(83)74-56-62(94)59(91)49(38-80)112-67(56)108-35-32-102-23-20-99-26-29-105-41-52(86)72-17-10-8-12-47(77-54(88)43-107-31-28-101-22-25-104-34-37-110-69-58(76-46(3)85)64(96)61(93)51(40-82)114-69)65(97)78-48(66(98)79-70(4,5)16-19-111-71(6,7)15-14-55(89)90)13-9-11-18-73-53(87)42-106-30-27-100-21-24-103-33-36-109-68-57(75-45(2)84)63(95)60(92)50(39-81)113-68/h47-51,56-64,67-69,80-82,91-96H,8-43H2,1-7H3,(H,72,86)(H,73,87)(H,74,83)(H,75,84)(H,76,85)(H,77,88)(H,78,97)(H,79,98)(H,89,90)/t47-,48-,49+,50+,51+,56+,57+,58+,59-,60-,61-,62+,63+,64+,67+,68+,69+/m0/s1. The number of hydrogen-bond acceptors (Lipinski definition) is 34.